The van der Waals surface area contributed by atoms with Crippen molar-refractivity contribution in [2.75, 3.05) is 30.8 Å². The molecule has 4 amide bonds. The molecular weight excluding hydrogens is 580 g/mol. The lowest BCUT2D eigenvalue weighted by Gasteiger charge is -2.42. The van der Waals surface area contributed by atoms with E-state index in [9.17, 15) is 19.2 Å². The molecule has 46 heavy (non-hydrogen) atoms. The molecule has 0 radical (unpaired) electrons. The molecule has 0 spiro atoms. The maximum absolute atomic E-state index is 14.3. The summed E-state index contributed by atoms with van der Waals surface area (Å²) >= 11 is 0. The number of carbonyl (C=O) groups excluding carboxylic acids is 4. The van der Waals surface area contributed by atoms with Crippen LogP contribution >= 0.6 is 0 Å². The number of amides is 4. The normalized spacial score (nSPS) is 17.5. The Labute approximate surface area is 271 Å². The van der Waals surface area contributed by atoms with E-state index in [0.29, 0.717) is 56.8 Å². The van der Waals surface area contributed by atoms with E-state index in [-0.39, 0.29) is 36.1 Å². The van der Waals surface area contributed by atoms with Crippen molar-refractivity contribution in [2.24, 2.45) is 11.3 Å². The zero-order valence-corrected chi connectivity index (χ0v) is 27.1. The highest BCUT2D eigenvalue weighted by Crippen LogP contribution is 2.35. The van der Waals surface area contributed by atoms with Crippen LogP contribution in [0.2, 0.25) is 0 Å². The first-order valence-corrected chi connectivity index (χ1v) is 16.0. The number of nitrogens with zero attached hydrogens (tertiary/aromatic N) is 3. The van der Waals surface area contributed by atoms with Gasteiger partial charge in [-0.1, -0.05) is 43.3 Å². The lowest BCUT2D eigenvalue weighted by Crippen LogP contribution is -2.54. The Morgan fingerprint density at radius 3 is 2.33 bits per heavy atom. The lowest BCUT2D eigenvalue weighted by molar-refractivity contribution is -0.151. The van der Waals surface area contributed by atoms with Crippen LogP contribution in [0.5, 0.6) is 0 Å². The molecule has 1 fully saturated rings. The van der Waals surface area contributed by atoms with E-state index in [1.807, 2.05) is 62.5 Å². The van der Waals surface area contributed by atoms with Crippen LogP contribution in [0.1, 0.15) is 55.9 Å². The van der Waals surface area contributed by atoms with Crippen molar-refractivity contribution in [1.29, 1.82) is 0 Å². The van der Waals surface area contributed by atoms with E-state index in [0.717, 1.165) is 22.3 Å². The number of benzene rings is 2. The van der Waals surface area contributed by atoms with Gasteiger partial charge in [0, 0.05) is 56.3 Å². The smallest absolute Gasteiger partial charge is 0.246 e. The summed E-state index contributed by atoms with van der Waals surface area (Å²) in [5, 5.41) is 9.13. The topological polar surface area (TPSA) is 124 Å². The van der Waals surface area contributed by atoms with E-state index >= 15 is 0 Å². The van der Waals surface area contributed by atoms with E-state index in [2.05, 4.69) is 20.9 Å². The lowest BCUT2D eigenvalue weighted by atomic mass is 9.78. The number of rotatable bonds is 10. The van der Waals surface area contributed by atoms with Crippen molar-refractivity contribution in [2.45, 2.75) is 65.6 Å². The van der Waals surface area contributed by atoms with Gasteiger partial charge in [-0.2, -0.15) is 0 Å². The van der Waals surface area contributed by atoms with Gasteiger partial charge in [-0.05, 0) is 86.2 Å². The number of pyridine rings is 1. The molecule has 2 aromatic carbocycles. The Morgan fingerprint density at radius 1 is 0.957 bits per heavy atom. The predicted octanol–water partition coefficient (Wildman–Crippen LogP) is 4.16. The molecule has 1 unspecified atom stereocenters. The summed E-state index contributed by atoms with van der Waals surface area (Å²) in [6, 6.07) is 18.3. The van der Waals surface area contributed by atoms with Gasteiger partial charge in [0.1, 0.15) is 11.9 Å². The van der Waals surface area contributed by atoms with Gasteiger partial charge in [0.2, 0.25) is 23.6 Å². The highest BCUT2D eigenvalue weighted by atomic mass is 16.2. The van der Waals surface area contributed by atoms with Crippen molar-refractivity contribution in [3.05, 3.63) is 89.1 Å². The second-order valence-corrected chi connectivity index (χ2v) is 12.8. The van der Waals surface area contributed by atoms with Gasteiger partial charge in [-0.15, -0.1) is 0 Å². The first kappa shape index (κ1) is 32.8. The van der Waals surface area contributed by atoms with E-state index in [1.54, 1.807) is 42.0 Å². The van der Waals surface area contributed by atoms with Gasteiger partial charge < -0.3 is 25.8 Å². The molecule has 2 atom stereocenters. The largest absolute Gasteiger partial charge is 0.343 e. The molecular formula is C36H44N6O4. The van der Waals surface area contributed by atoms with Crippen molar-refractivity contribution >= 4 is 35.1 Å². The summed E-state index contributed by atoms with van der Waals surface area (Å²) in [4.78, 5) is 60.7. The minimum absolute atomic E-state index is 0.00888. The number of likely N-dealkylation sites (tertiary alicyclic amines) is 1. The second-order valence-electron chi connectivity index (χ2n) is 12.8. The number of carbonyl (C=O) groups is 4. The Kier molecular flexibility index (Phi) is 10.2. The molecule has 3 aromatic rings. The number of hydrogen-bond donors (Lipinski definition) is 3. The van der Waals surface area contributed by atoms with Crippen molar-refractivity contribution in [1.82, 2.24) is 20.1 Å². The van der Waals surface area contributed by atoms with Gasteiger partial charge in [0.05, 0.1) is 0 Å². The van der Waals surface area contributed by atoms with Crippen LogP contribution in [0.3, 0.4) is 0 Å². The maximum Gasteiger partial charge on any atom is 0.246 e. The molecule has 5 rings (SSSR count). The quantitative estimate of drug-likeness (QED) is 0.311. The molecule has 3 N–H and O–H groups in total. The SMILES string of the molecule is CNCc1ccccc1CN(C(=O)C1(C)CCN(C(C)=O)CC1)C(C)C(=O)Nc1ccc2c(c1)C[C@H](C(=O)Nc1ccccn1)C2. The second kappa shape index (κ2) is 14.2. The van der Waals surface area contributed by atoms with Crippen LogP contribution < -0.4 is 16.0 Å². The fraction of sp³-hybridized carbons (Fsp3) is 0.417. The molecule has 0 bridgehead atoms. The van der Waals surface area contributed by atoms with Crippen LogP contribution in [-0.2, 0) is 45.1 Å². The number of anilines is 2. The first-order valence-electron chi connectivity index (χ1n) is 16.0. The average Bonchev–Trinajstić information content (AvgIpc) is 3.48. The molecule has 1 aliphatic carbocycles. The van der Waals surface area contributed by atoms with Crippen LogP contribution in [0.25, 0.3) is 0 Å². The van der Waals surface area contributed by atoms with Gasteiger partial charge in [0.15, 0.2) is 0 Å². The van der Waals surface area contributed by atoms with Crippen LogP contribution in [0, 0.1) is 11.3 Å². The molecule has 2 aliphatic rings. The third-order valence-electron chi connectivity index (χ3n) is 9.46. The molecule has 10 nitrogen and oxygen atoms in total. The van der Waals surface area contributed by atoms with E-state index < -0.39 is 11.5 Å². The van der Waals surface area contributed by atoms with Crippen LogP contribution in [0.4, 0.5) is 11.5 Å². The van der Waals surface area contributed by atoms with Crippen molar-refractivity contribution in [3.63, 3.8) is 0 Å². The Morgan fingerprint density at radius 2 is 1.65 bits per heavy atom. The summed E-state index contributed by atoms with van der Waals surface area (Å²) < 4.78 is 0. The third-order valence-corrected chi connectivity index (χ3v) is 9.46. The third kappa shape index (κ3) is 7.45. The van der Waals surface area contributed by atoms with Crippen molar-refractivity contribution in [3.8, 4) is 0 Å². The summed E-state index contributed by atoms with van der Waals surface area (Å²) in [6.07, 6.45) is 3.90. The molecule has 242 valence electrons. The summed E-state index contributed by atoms with van der Waals surface area (Å²) in [5.74, 6) is -0.141. The van der Waals surface area contributed by atoms with Crippen LogP contribution in [-0.4, -0.2) is 64.6 Å². The number of aromatic nitrogens is 1. The highest BCUT2D eigenvalue weighted by molar-refractivity contribution is 5.98. The summed E-state index contributed by atoms with van der Waals surface area (Å²) in [7, 11) is 1.88. The Balaban J connectivity index is 1.31. The standard InChI is InChI=1S/C36H44N6O4/c1-24(33(44)39-31-13-12-26-19-30(20-29(26)21-31)34(45)40-32-11-7-8-16-38-32)42(23-28-10-6-5-9-27(28)22-37-4)35(46)36(3)14-17-41(18-15-36)25(2)43/h5-13,16,21,24,30,37H,14-15,17-20,22-23H2,1-4H3,(H,39,44)(H,38,40,45)/t24?,30-/m1/s1. The van der Waals surface area contributed by atoms with Gasteiger partial charge in [0.25, 0.3) is 0 Å². The zero-order valence-electron chi connectivity index (χ0n) is 27.1. The Bertz CT molecular complexity index is 1580. The first-order chi connectivity index (χ1) is 22.1. The molecule has 10 heteroatoms. The fourth-order valence-corrected chi connectivity index (χ4v) is 6.45. The minimum Gasteiger partial charge on any atom is -0.343 e. The number of piperidine rings is 1. The molecule has 1 aliphatic heterocycles. The van der Waals surface area contributed by atoms with Gasteiger partial charge >= 0.3 is 0 Å². The minimum atomic E-state index is -0.761. The van der Waals surface area contributed by atoms with Crippen LogP contribution in [0.15, 0.2) is 66.9 Å². The molecule has 2 heterocycles. The van der Waals surface area contributed by atoms with Crippen molar-refractivity contribution < 1.29 is 19.2 Å². The Hall–Kier alpha value is -4.57. The fourth-order valence-electron chi connectivity index (χ4n) is 6.45. The monoisotopic (exact) mass is 624 g/mol. The van der Waals surface area contributed by atoms with Gasteiger partial charge in [-0.3, -0.25) is 19.2 Å². The average molecular weight is 625 g/mol. The summed E-state index contributed by atoms with van der Waals surface area (Å²) in [5.41, 5.74) is 4.07. The molecule has 1 saturated heterocycles. The zero-order chi connectivity index (χ0) is 32.8. The van der Waals surface area contributed by atoms with Gasteiger partial charge in [-0.25, -0.2) is 4.98 Å². The number of hydrogen-bond acceptors (Lipinski definition) is 6. The molecule has 0 saturated carbocycles. The summed E-state index contributed by atoms with van der Waals surface area (Å²) in [6.45, 7) is 7.22. The number of nitrogens with one attached hydrogen (secondary N) is 3. The molecule has 1 aromatic heterocycles. The van der Waals surface area contributed by atoms with E-state index in [1.165, 1.54) is 0 Å². The highest BCUT2D eigenvalue weighted by Gasteiger charge is 2.42. The number of fused-ring (bicyclic) bond motifs is 1. The van der Waals surface area contributed by atoms with E-state index in [4.69, 9.17) is 0 Å². The predicted molar refractivity (Wildman–Crippen MR) is 178 cm³/mol. The maximum atomic E-state index is 14.3.